The average molecular weight is 1460 g/mol. The van der Waals surface area contributed by atoms with Crippen molar-refractivity contribution in [3.8, 4) is 11.8 Å². The molecule has 31 heteroatoms. The average Bonchev–Trinajstić information content (AvgIpc) is 1.68. The van der Waals surface area contributed by atoms with Gasteiger partial charge in [0.1, 0.15) is 11.8 Å². The number of piperazine rings is 1. The molecule has 4 aliphatic heterocycles. The van der Waals surface area contributed by atoms with Gasteiger partial charge < -0.3 is 45.8 Å². The number of nitrogens with zero attached hydrogens (tertiary/aromatic N) is 10. The van der Waals surface area contributed by atoms with E-state index in [1.54, 1.807) is 50.8 Å². The third-order valence-corrected chi connectivity index (χ3v) is 19.2. The molecule has 0 saturated carbocycles. The number of halogens is 3. The minimum atomic E-state index is -3.19. The van der Waals surface area contributed by atoms with Gasteiger partial charge in [0.15, 0.2) is 0 Å². The van der Waals surface area contributed by atoms with Gasteiger partial charge in [-0.05, 0) is 103 Å². The number of likely N-dealkylation sites (tertiary alicyclic amines) is 2. The molecule has 4 aliphatic rings. The molecule has 1 aromatic heterocycles. The van der Waals surface area contributed by atoms with E-state index in [1.807, 2.05) is 29.2 Å². The van der Waals surface area contributed by atoms with Crippen LogP contribution in [0, 0.1) is 20.8 Å². The summed E-state index contributed by atoms with van der Waals surface area (Å²) in [6, 6.07) is 14.6. The Balaban J connectivity index is 0.877. The number of fused-ring (bicyclic) bond motifs is 1. The summed E-state index contributed by atoms with van der Waals surface area (Å²) in [5.74, 6) is -9.28. The molecular weight excluding hydrogens is 1370 g/mol. The zero-order valence-corrected chi connectivity index (χ0v) is 56.5. The summed E-state index contributed by atoms with van der Waals surface area (Å²) in [5, 5.41) is 46.5. The summed E-state index contributed by atoms with van der Waals surface area (Å²) in [6.07, 6.45) is 4.67. The molecule has 5 heterocycles. The van der Waals surface area contributed by atoms with E-state index in [4.69, 9.17) is 4.74 Å². The number of carbonyl (C=O) groups excluding carboxylic acids is 7. The maximum Gasteiger partial charge on any atom is 0.317 e. The number of thioether (sulfide) groups is 1. The first-order valence-corrected chi connectivity index (χ1v) is 34.2. The predicted molar refractivity (Wildman–Crippen MR) is 354 cm³/mol. The Morgan fingerprint density at radius 1 is 0.768 bits per heavy atom. The smallest absolute Gasteiger partial charge is 0.317 e. The molecule has 1 unspecified atom stereocenters. The number of nitriles is 1. The van der Waals surface area contributed by atoms with Crippen LogP contribution in [0.4, 0.5) is 8.78 Å². The van der Waals surface area contributed by atoms with Crippen LogP contribution in [0.3, 0.4) is 0 Å². The van der Waals surface area contributed by atoms with E-state index in [9.17, 15) is 77.3 Å². The van der Waals surface area contributed by atoms with E-state index in [2.05, 4.69) is 48.4 Å². The highest BCUT2D eigenvalue weighted by molar-refractivity contribution is 14.1. The normalized spacial score (nSPS) is 19.5. The number of aromatic nitrogens is 1. The summed E-state index contributed by atoms with van der Waals surface area (Å²) in [4.78, 5) is 147. The fourth-order valence-corrected chi connectivity index (χ4v) is 13.5. The number of amides is 7. The quantitative estimate of drug-likeness (QED) is 0.0296. The van der Waals surface area contributed by atoms with Crippen molar-refractivity contribution in [3.05, 3.63) is 69.4 Å². The molecule has 0 bridgehead atoms. The third kappa shape index (κ3) is 24.7. The number of aryl methyl sites for hydroxylation is 1. The number of rotatable bonds is 32. The van der Waals surface area contributed by atoms with Crippen LogP contribution in [0.15, 0.2) is 54.7 Å². The summed E-state index contributed by atoms with van der Waals surface area (Å²) in [6.45, 7) is 4.17. The van der Waals surface area contributed by atoms with Gasteiger partial charge in [-0.1, -0.05) is 19.1 Å². The summed E-state index contributed by atoms with van der Waals surface area (Å²) in [5.41, 5.74) is 1.82. The van der Waals surface area contributed by atoms with Crippen LogP contribution >= 0.6 is 34.4 Å². The zero-order chi connectivity index (χ0) is 68.6. The molecular formula is C64H86F2IN13O14S. The number of alkyl halides is 2. The van der Waals surface area contributed by atoms with Crippen molar-refractivity contribution in [2.75, 3.05) is 150 Å². The maximum atomic E-state index is 14.1. The van der Waals surface area contributed by atoms with Crippen LogP contribution in [-0.2, 0) is 49.6 Å². The zero-order valence-electron chi connectivity index (χ0n) is 53.5. The second-order valence-corrected chi connectivity index (χ2v) is 26.9. The third-order valence-electron chi connectivity index (χ3n) is 17.1. The van der Waals surface area contributed by atoms with E-state index in [-0.39, 0.29) is 121 Å². The lowest BCUT2D eigenvalue weighted by Gasteiger charge is -2.36. The Kier molecular flexibility index (Phi) is 29.5. The molecule has 2 aromatic carbocycles. The van der Waals surface area contributed by atoms with Crippen LogP contribution < -0.4 is 20.7 Å². The number of nitrogens with one attached hydrogen (secondary N) is 3. The lowest BCUT2D eigenvalue weighted by molar-refractivity contribution is -0.143. The Hall–Kier alpha value is -7.22. The number of imide groups is 1. The lowest BCUT2D eigenvalue weighted by Crippen LogP contribution is -2.51. The largest absolute Gasteiger partial charge is 0.494 e. The Morgan fingerprint density at radius 3 is 1.99 bits per heavy atom. The monoisotopic (exact) mass is 1460 g/mol. The van der Waals surface area contributed by atoms with E-state index in [1.165, 1.54) is 24.0 Å². The van der Waals surface area contributed by atoms with Crippen LogP contribution in [-0.4, -0.2) is 292 Å². The molecule has 7 amide bonds. The number of ether oxygens (including phenoxy) is 1. The Morgan fingerprint density at radius 2 is 1.38 bits per heavy atom. The van der Waals surface area contributed by atoms with Gasteiger partial charge in [0.2, 0.25) is 35.4 Å². The van der Waals surface area contributed by atoms with Gasteiger partial charge in [0.05, 0.1) is 74.2 Å². The molecule has 3 aromatic rings. The van der Waals surface area contributed by atoms with Crippen LogP contribution in [0.1, 0.15) is 74.2 Å². The fraction of sp³-hybridized carbons (Fsp3) is 0.594. The first-order chi connectivity index (χ1) is 45.4. The summed E-state index contributed by atoms with van der Waals surface area (Å²) in [7, 11) is 0. The van der Waals surface area contributed by atoms with Crippen molar-refractivity contribution in [2.45, 2.75) is 88.0 Å². The van der Waals surface area contributed by atoms with Gasteiger partial charge in [0, 0.05) is 144 Å². The molecule has 7 rings (SSSR count). The molecule has 4 saturated heterocycles. The molecule has 0 radical (unpaired) electrons. The van der Waals surface area contributed by atoms with Gasteiger partial charge in [0.25, 0.3) is 11.8 Å². The van der Waals surface area contributed by atoms with Crippen LogP contribution in [0.25, 0.3) is 10.9 Å². The van der Waals surface area contributed by atoms with Gasteiger partial charge in [-0.25, -0.2) is 8.78 Å². The van der Waals surface area contributed by atoms with Crippen molar-refractivity contribution >= 4 is 105 Å². The van der Waals surface area contributed by atoms with Crippen molar-refractivity contribution < 1.29 is 76.8 Å². The van der Waals surface area contributed by atoms with Crippen LogP contribution in [0.2, 0.25) is 0 Å². The number of unbranched alkanes of at least 4 members (excludes halogenated alkanes) is 1. The van der Waals surface area contributed by atoms with E-state index in [0.29, 0.717) is 101 Å². The fourth-order valence-electron chi connectivity index (χ4n) is 11.9. The molecule has 4 atom stereocenters. The lowest BCUT2D eigenvalue weighted by atomic mass is 10.1. The second-order valence-electron chi connectivity index (χ2n) is 24.5. The van der Waals surface area contributed by atoms with Gasteiger partial charge in [-0.2, -0.15) is 5.26 Å². The summed E-state index contributed by atoms with van der Waals surface area (Å²) >= 11 is 3.49. The Labute approximate surface area is 568 Å². The number of hydrogen-bond donors (Lipinski definition) is 6. The molecule has 0 spiro atoms. The molecule has 95 heavy (non-hydrogen) atoms. The highest BCUT2D eigenvalue weighted by Crippen LogP contribution is 2.32. The Bertz CT molecular complexity index is 3190. The van der Waals surface area contributed by atoms with Gasteiger partial charge >= 0.3 is 17.9 Å². The van der Waals surface area contributed by atoms with Gasteiger partial charge in [-0.3, -0.25) is 82.3 Å². The molecule has 4 fully saturated rings. The standard InChI is InChI=1S/C64H86F2IN13O14S/c1-44(62(92)78-29-27-73(28-30-78)18-5-31-94-49-13-14-52-51(32-49)50(15-17-69-52)61(91)71-36-57(84)80-43-64(65,66)34-48(80)35-68)37-79-56(83)33-53(63(79)93)95-42-47(7-2-3-16-70-54(81)8-4-6-45-9-11-46(67)12-10-45)72-55(82)38-74-19-21-75(39-58(85)86)23-25-77(41-60(89)90)26-24-76(22-20-74)40-59(87)88/h9-15,17,32,44,47-48,53H,2-8,16,18-31,33-34,36-43H2,1H3,(H,70,81)(H,71,91)(H,72,82)(H,85,86)(H,87,88)(H,89,90)/t44-,47+,48-,53?/m1/s1. The highest BCUT2D eigenvalue weighted by atomic mass is 127. The maximum absolute atomic E-state index is 14.1. The van der Waals surface area contributed by atoms with Gasteiger partial charge in [-0.15, -0.1) is 11.8 Å². The molecule has 518 valence electrons. The first kappa shape index (κ1) is 75.2. The molecule has 0 aliphatic carbocycles. The number of carboxylic acids is 3. The van der Waals surface area contributed by atoms with Crippen molar-refractivity contribution in [1.82, 2.24) is 60.1 Å². The summed E-state index contributed by atoms with van der Waals surface area (Å²) < 4.78 is 35.1. The predicted octanol–water partition coefficient (Wildman–Crippen LogP) is 2.01. The number of carbonyl (C=O) groups is 10. The number of benzene rings is 2. The van der Waals surface area contributed by atoms with Crippen molar-refractivity contribution in [3.63, 3.8) is 0 Å². The highest BCUT2D eigenvalue weighted by Gasteiger charge is 2.47. The number of pyridine rings is 1. The minimum absolute atomic E-state index is 0.0671. The van der Waals surface area contributed by atoms with Crippen molar-refractivity contribution in [1.29, 1.82) is 5.26 Å². The SMILES string of the molecule is C[C@H](CN1C(=O)CC(SC[C@H](CCCCNC(=O)CCCc2ccc(I)cc2)NC(=O)CN2CCN(CC(=O)O)CCN(CC(=O)O)CCN(CC(=O)O)CC2)C1=O)C(=O)N1CCN(CCCOc2ccc3nccc(C(=O)NCC(=O)N4CC(F)(F)C[C@@H]4C#N)c3c2)CC1. The van der Waals surface area contributed by atoms with E-state index < -0.39 is 90.2 Å². The van der Waals surface area contributed by atoms with E-state index in [0.717, 1.165) is 25.4 Å². The minimum Gasteiger partial charge on any atom is -0.494 e. The molecule has 27 nitrogen and oxygen atoms in total. The number of aliphatic carboxylic acids is 3. The van der Waals surface area contributed by atoms with Crippen molar-refractivity contribution in [2.24, 2.45) is 5.92 Å². The molecule has 6 N–H and O–H groups in total. The number of hydrogen-bond acceptors (Lipinski definition) is 19. The van der Waals surface area contributed by atoms with E-state index >= 15 is 0 Å². The van der Waals surface area contributed by atoms with Crippen LogP contribution in [0.5, 0.6) is 5.75 Å². The second kappa shape index (κ2) is 37.3. The number of carboxylic acid groups (broad SMARTS) is 3. The topological polar surface area (TPSA) is 339 Å². The first-order valence-electron chi connectivity index (χ1n) is 32.1.